The molecule has 0 aliphatic heterocycles. The van der Waals surface area contributed by atoms with Crippen LogP contribution in [0.1, 0.15) is 52.0 Å². The topological polar surface area (TPSA) is 0 Å². The maximum atomic E-state index is 4.09. The summed E-state index contributed by atoms with van der Waals surface area (Å²) in [7, 11) is 0. The van der Waals surface area contributed by atoms with Crippen LogP contribution in [0.15, 0.2) is 42.5 Å². The van der Waals surface area contributed by atoms with E-state index >= 15 is 0 Å². The molecule has 0 bridgehead atoms. The van der Waals surface area contributed by atoms with Gasteiger partial charge in [-0.25, -0.2) is 0 Å². The molecule has 0 aliphatic rings. The van der Waals surface area contributed by atoms with Gasteiger partial charge in [-0.1, -0.05) is 62.6 Å². The third-order valence-electron chi connectivity index (χ3n) is 3.34. The first-order valence-corrected chi connectivity index (χ1v) is 6.74. The molecule has 0 fully saturated rings. The molecule has 0 N–H and O–H groups in total. The number of hydrogen-bond acceptors (Lipinski definition) is 0. The highest BCUT2D eigenvalue weighted by molar-refractivity contribution is 5.17. The van der Waals surface area contributed by atoms with Crippen LogP contribution in [0.25, 0.3) is 0 Å². The van der Waals surface area contributed by atoms with Gasteiger partial charge in [-0.05, 0) is 37.2 Å². The Kier molecular flexibility index (Phi) is 5.47. The van der Waals surface area contributed by atoms with E-state index in [-0.39, 0.29) is 0 Å². The van der Waals surface area contributed by atoms with E-state index < -0.39 is 0 Å². The van der Waals surface area contributed by atoms with Gasteiger partial charge in [0, 0.05) is 0 Å². The van der Waals surface area contributed by atoms with Gasteiger partial charge in [0.25, 0.3) is 0 Å². The molecule has 0 spiro atoms. The Morgan fingerprint density at radius 2 is 1.88 bits per heavy atom. The summed E-state index contributed by atoms with van der Waals surface area (Å²) in [5, 5.41) is 0. The van der Waals surface area contributed by atoms with Gasteiger partial charge in [0.05, 0.1) is 0 Å². The van der Waals surface area contributed by atoms with E-state index in [0.29, 0.717) is 5.41 Å². The Morgan fingerprint density at radius 1 is 1.24 bits per heavy atom. The van der Waals surface area contributed by atoms with Crippen LogP contribution >= 0.6 is 0 Å². The van der Waals surface area contributed by atoms with Crippen molar-refractivity contribution in [3.05, 3.63) is 48.0 Å². The lowest BCUT2D eigenvalue weighted by molar-refractivity contribution is 0.282. The van der Waals surface area contributed by atoms with Gasteiger partial charge in [0.1, 0.15) is 0 Å². The van der Waals surface area contributed by atoms with E-state index in [1.165, 1.54) is 36.8 Å². The summed E-state index contributed by atoms with van der Waals surface area (Å²) < 4.78 is 0. The minimum atomic E-state index is 0.378. The standard InChI is InChI=1S/C17H26/c1-5-6-12-17(4,13-15(2)3)14-16-10-8-7-9-11-16/h7-11H,2,5-6,12-14H2,1,3-4H3/t17-/m0/s1. The fourth-order valence-electron chi connectivity index (χ4n) is 2.66. The Hall–Kier alpha value is -1.04. The van der Waals surface area contributed by atoms with Crippen molar-refractivity contribution in [3.63, 3.8) is 0 Å². The molecule has 0 amide bonds. The lowest BCUT2D eigenvalue weighted by Gasteiger charge is -2.30. The normalized spacial score (nSPS) is 14.3. The zero-order valence-electron chi connectivity index (χ0n) is 11.6. The molecule has 1 atom stereocenters. The number of unbranched alkanes of at least 4 members (excludes halogenated alkanes) is 1. The quantitative estimate of drug-likeness (QED) is 0.551. The average Bonchev–Trinajstić information content (AvgIpc) is 2.26. The SMILES string of the molecule is C=C(C)C[C@](C)(CCCC)Cc1ccccc1. The zero-order chi connectivity index (χ0) is 12.7. The second-order valence-electron chi connectivity index (χ2n) is 5.71. The Morgan fingerprint density at radius 3 is 2.41 bits per heavy atom. The molecule has 0 saturated carbocycles. The number of hydrogen-bond donors (Lipinski definition) is 0. The highest BCUT2D eigenvalue weighted by Gasteiger charge is 2.23. The third-order valence-corrected chi connectivity index (χ3v) is 3.34. The zero-order valence-corrected chi connectivity index (χ0v) is 11.6. The first kappa shape index (κ1) is 14.0. The molecule has 0 aromatic heterocycles. The molecule has 1 rings (SSSR count). The van der Waals surface area contributed by atoms with Crippen molar-refractivity contribution in [2.24, 2.45) is 5.41 Å². The molecular weight excluding hydrogens is 204 g/mol. The highest BCUT2D eigenvalue weighted by atomic mass is 14.3. The van der Waals surface area contributed by atoms with Gasteiger partial charge in [0.15, 0.2) is 0 Å². The third kappa shape index (κ3) is 5.21. The highest BCUT2D eigenvalue weighted by Crippen LogP contribution is 2.34. The molecular formula is C17H26. The van der Waals surface area contributed by atoms with Gasteiger partial charge in [0.2, 0.25) is 0 Å². The van der Waals surface area contributed by atoms with Crippen molar-refractivity contribution < 1.29 is 0 Å². The van der Waals surface area contributed by atoms with Gasteiger partial charge in [-0.15, -0.1) is 6.58 Å². The number of rotatable bonds is 7. The maximum Gasteiger partial charge on any atom is -0.0222 e. The summed E-state index contributed by atoms with van der Waals surface area (Å²) in [6.45, 7) is 10.9. The molecule has 1 aromatic rings. The van der Waals surface area contributed by atoms with E-state index in [9.17, 15) is 0 Å². The van der Waals surface area contributed by atoms with Crippen LogP contribution in [0.3, 0.4) is 0 Å². The van der Waals surface area contributed by atoms with Crippen LogP contribution in [-0.4, -0.2) is 0 Å². The van der Waals surface area contributed by atoms with E-state index in [1.807, 2.05) is 0 Å². The first-order valence-electron chi connectivity index (χ1n) is 6.74. The molecule has 94 valence electrons. The lowest BCUT2D eigenvalue weighted by atomic mass is 9.75. The molecule has 0 heteroatoms. The van der Waals surface area contributed by atoms with Gasteiger partial charge in [-0.3, -0.25) is 0 Å². The average molecular weight is 230 g/mol. The Balaban J connectivity index is 2.72. The molecule has 17 heavy (non-hydrogen) atoms. The molecule has 0 heterocycles. The summed E-state index contributed by atoms with van der Waals surface area (Å²) in [6.07, 6.45) is 6.20. The van der Waals surface area contributed by atoms with Crippen LogP contribution in [0.5, 0.6) is 0 Å². The summed E-state index contributed by atoms with van der Waals surface area (Å²) in [4.78, 5) is 0. The second kappa shape index (κ2) is 6.64. The van der Waals surface area contributed by atoms with E-state index in [2.05, 4.69) is 57.7 Å². The van der Waals surface area contributed by atoms with Crippen molar-refractivity contribution >= 4 is 0 Å². The predicted octanol–water partition coefficient (Wildman–Crippen LogP) is 5.39. The fourth-order valence-corrected chi connectivity index (χ4v) is 2.66. The van der Waals surface area contributed by atoms with Crippen LogP contribution in [-0.2, 0) is 6.42 Å². The Bertz CT molecular complexity index is 336. The summed E-state index contributed by atoms with van der Waals surface area (Å²) >= 11 is 0. The summed E-state index contributed by atoms with van der Waals surface area (Å²) in [6, 6.07) is 10.8. The molecule has 0 radical (unpaired) electrons. The lowest BCUT2D eigenvalue weighted by Crippen LogP contribution is -2.20. The largest absolute Gasteiger partial charge is 0.100 e. The predicted molar refractivity (Wildman–Crippen MR) is 77.2 cm³/mol. The van der Waals surface area contributed by atoms with Crippen LogP contribution in [0.4, 0.5) is 0 Å². The number of benzene rings is 1. The fraction of sp³-hybridized carbons (Fsp3) is 0.529. The van der Waals surface area contributed by atoms with Gasteiger partial charge in [-0.2, -0.15) is 0 Å². The van der Waals surface area contributed by atoms with Crippen molar-refractivity contribution in [3.8, 4) is 0 Å². The molecule has 0 saturated heterocycles. The van der Waals surface area contributed by atoms with Gasteiger partial charge >= 0.3 is 0 Å². The van der Waals surface area contributed by atoms with E-state index in [4.69, 9.17) is 0 Å². The number of allylic oxidation sites excluding steroid dienone is 1. The van der Waals surface area contributed by atoms with Gasteiger partial charge < -0.3 is 0 Å². The smallest absolute Gasteiger partial charge is 0.0222 e. The van der Waals surface area contributed by atoms with Crippen molar-refractivity contribution in [1.82, 2.24) is 0 Å². The van der Waals surface area contributed by atoms with Crippen molar-refractivity contribution in [2.75, 3.05) is 0 Å². The van der Waals surface area contributed by atoms with Crippen molar-refractivity contribution in [2.45, 2.75) is 52.9 Å². The summed E-state index contributed by atoms with van der Waals surface area (Å²) in [5.74, 6) is 0. The molecule has 0 aliphatic carbocycles. The van der Waals surface area contributed by atoms with Crippen LogP contribution in [0.2, 0.25) is 0 Å². The first-order chi connectivity index (χ1) is 8.06. The monoisotopic (exact) mass is 230 g/mol. The van der Waals surface area contributed by atoms with Crippen molar-refractivity contribution in [1.29, 1.82) is 0 Å². The van der Waals surface area contributed by atoms with Crippen LogP contribution < -0.4 is 0 Å². The minimum absolute atomic E-state index is 0.378. The summed E-state index contributed by atoms with van der Waals surface area (Å²) in [5.41, 5.74) is 3.13. The second-order valence-corrected chi connectivity index (χ2v) is 5.71. The molecule has 1 aromatic carbocycles. The minimum Gasteiger partial charge on any atom is -0.100 e. The van der Waals surface area contributed by atoms with E-state index in [0.717, 1.165) is 6.42 Å². The Labute approximate surface area is 107 Å². The maximum absolute atomic E-state index is 4.09. The van der Waals surface area contributed by atoms with E-state index in [1.54, 1.807) is 0 Å². The van der Waals surface area contributed by atoms with Crippen LogP contribution in [0, 0.1) is 5.41 Å². The molecule has 0 unspecified atom stereocenters. The molecule has 0 nitrogen and oxygen atoms in total.